The fraction of sp³-hybridized carbons (Fsp3) is 0.941. The molecule has 5 heteroatoms. The molecule has 0 aromatic rings. The molecule has 0 amide bonds. The van der Waals surface area contributed by atoms with Gasteiger partial charge >= 0.3 is 0 Å². The van der Waals surface area contributed by atoms with E-state index in [1.807, 2.05) is 20.9 Å². The molecule has 1 spiro atoms. The van der Waals surface area contributed by atoms with Crippen LogP contribution in [0.15, 0.2) is 0 Å². The minimum Gasteiger partial charge on any atom is -0.303 e. The van der Waals surface area contributed by atoms with Gasteiger partial charge in [0, 0.05) is 19.0 Å². The van der Waals surface area contributed by atoms with Crippen molar-refractivity contribution in [2.24, 2.45) is 17.3 Å². The fourth-order valence-corrected chi connectivity index (χ4v) is 3.40. The van der Waals surface area contributed by atoms with Crippen molar-refractivity contribution in [2.75, 3.05) is 39.8 Å². The van der Waals surface area contributed by atoms with Crippen molar-refractivity contribution in [3.63, 3.8) is 0 Å². The van der Waals surface area contributed by atoms with Gasteiger partial charge in [-0.05, 0) is 38.9 Å². The number of hydrogen-bond donors (Lipinski definition) is 0. The molecule has 3 nitrogen and oxygen atoms in total. The Labute approximate surface area is 134 Å². The van der Waals surface area contributed by atoms with E-state index in [1.165, 1.54) is 0 Å². The summed E-state index contributed by atoms with van der Waals surface area (Å²) >= 11 is 0. The van der Waals surface area contributed by atoms with Gasteiger partial charge in [0.05, 0.1) is 12.0 Å². The van der Waals surface area contributed by atoms with Crippen LogP contribution in [-0.4, -0.2) is 61.8 Å². The lowest BCUT2D eigenvalue weighted by Gasteiger charge is -2.42. The molecule has 130 valence electrons. The normalized spacial score (nSPS) is 24.6. The van der Waals surface area contributed by atoms with Crippen molar-refractivity contribution in [3.8, 4) is 0 Å². The zero-order valence-electron chi connectivity index (χ0n) is 14.7. The lowest BCUT2D eigenvalue weighted by atomic mass is 9.75. The molecular weight excluding hydrogens is 286 g/mol. The van der Waals surface area contributed by atoms with Crippen LogP contribution < -0.4 is 0 Å². The maximum Gasteiger partial charge on any atom is 0.267 e. The summed E-state index contributed by atoms with van der Waals surface area (Å²) in [5.74, 6) is -1.67. The minimum absolute atomic E-state index is 0.0584. The van der Waals surface area contributed by atoms with E-state index in [0.29, 0.717) is 25.3 Å². The first kappa shape index (κ1) is 19.5. The second kappa shape index (κ2) is 7.82. The number of piperidine rings is 1. The molecule has 2 fully saturated rings. The highest BCUT2D eigenvalue weighted by Crippen LogP contribution is 2.50. The lowest BCUT2D eigenvalue weighted by molar-refractivity contribution is -0.110. The predicted octanol–water partition coefficient (Wildman–Crippen LogP) is 3.15. The Morgan fingerprint density at radius 3 is 1.91 bits per heavy atom. The first-order valence-corrected chi connectivity index (χ1v) is 8.36. The third-order valence-electron chi connectivity index (χ3n) is 4.53. The highest BCUT2D eigenvalue weighted by atomic mass is 19.3. The van der Waals surface area contributed by atoms with E-state index in [0.717, 1.165) is 25.9 Å². The molecule has 0 aromatic carbocycles. The van der Waals surface area contributed by atoms with Crippen LogP contribution >= 0.6 is 0 Å². The van der Waals surface area contributed by atoms with Gasteiger partial charge in [0.25, 0.3) is 5.92 Å². The van der Waals surface area contributed by atoms with Gasteiger partial charge < -0.3 is 9.69 Å². The average Bonchev–Trinajstić information content (AvgIpc) is 2.61. The molecular formula is C17H32F2N2O. The van der Waals surface area contributed by atoms with E-state index < -0.39 is 11.3 Å². The Morgan fingerprint density at radius 2 is 1.59 bits per heavy atom. The van der Waals surface area contributed by atoms with Crippen molar-refractivity contribution in [3.05, 3.63) is 0 Å². The van der Waals surface area contributed by atoms with Crippen LogP contribution in [0.25, 0.3) is 0 Å². The first-order valence-electron chi connectivity index (χ1n) is 8.36. The van der Waals surface area contributed by atoms with Gasteiger partial charge in [0.2, 0.25) is 0 Å². The molecule has 0 bridgehead atoms. The van der Waals surface area contributed by atoms with Crippen LogP contribution in [0.3, 0.4) is 0 Å². The molecule has 2 rings (SSSR count). The summed E-state index contributed by atoms with van der Waals surface area (Å²) in [7, 11) is 1.81. The van der Waals surface area contributed by atoms with E-state index in [4.69, 9.17) is 0 Å². The smallest absolute Gasteiger partial charge is 0.267 e. The average molecular weight is 318 g/mol. The van der Waals surface area contributed by atoms with E-state index in [-0.39, 0.29) is 12.5 Å². The second-order valence-electron chi connectivity index (χ2n) is 7.73. The lowest BCUT2D eigenvalue weighted by Crippen LogP contribution is -2.49. The van der Waals surface area contributed by atoms with Gasteiger partial charge in [-0.15, -0.1) is 0 Å². The Kier molecular flexibility index (Phi) is 6.93. The number of aldehydes is 1. The fourth-order valence-electron chi connectivity index (χ4n) is 3.40. The third-order valence-corrected chi connectivity index (χ3v) is 4.53. The topological polar surface area (TPSA) is 23.6 Å². The summed E-state index contributed by atoms with van der Waals surface area (Å²) in [6, 6.07) is 0. The number of hydrogen-bond acceptors (Lipinski definition) is 3. The minimum atomic E-state index is -2.49. The molecule has 0 unspecified atom stereocenters. The predicted molar refractivity (Wildman–Crippen MR) is 86.3 cm³/mol. The van der Waals surface area contributed by atoms with Gasteiger partial charge in [-0.25, -0.2) is 8.78 Å². The SMILES string of the molecule is CC(C)C=O.CC(C)CN1CCC2(CC1)CN(C)CC2(F)F. The molecule has 2 aliphatic heterocycles. The van der Waals surface area contributed by atoms with Crippen LogP contribution in [0, 0.1) is 17.3 Å². The zero-order valence-corrected chi connectivity index (χ0v) is 14.7. The number of rotatable bonds is 3. The highest BCUT2D eigenvalue weighted by Gasteiger charge is 2.59. The Bertz CT molecular complexity index is 351. The van der Waals surface area contributed by atoms with Gasteiger partial charge in [-0.3, -0.25) is 4.90 Å². The summed E-state index contributed by atoms with van der Waals surface area (Å²) < 4.78 is 28.1. The summed E-state index contributed by atoms with van der Waals surface area (Å²) in [5, 5.41) is 0. The molecule has 22 heavy (non-hydrogen) atoms. The van der Waals surface area contributed by atoms with Crippen molar-refractivity contribution in [1.82, 2.24) is 9.80 Å². The summed E-state index contributed by atoms with van der Waals surface area (Å²) in [6.07, 6.45) is 2.22. The number of likely N-dealkylation sites (tertiary alicyclic amines) is 2. The van der Waals surface area contributed by atoms with Gasteiger partial charge in [0.15, 0.2) is 0 Å². The monoisotopic (exact) mass is 318 g/mol. The van der Waals surface area contributed by atoms with Crippen molar-refractivity contribution in [2.45, 2.75) is 46.5 Å². The largest absolute Gasteiger partial charge is 0.303 e. The highest BCUT2D eigenvalue weighted by molar-refractivity contribution is 5.51. The van der Waals surface area contributed by atoms with Crippen molar-refractivity contribution < 1.29 is 13.6 Å². The maximum atomic E-state index is 14.1. The Hall–Kier alpha value is -0.550. The van der Waals surface area contributed by atoms with Gasteiger partial charge in [-0.2, -0.15) is 0 Å². The van der Waals surface area contributed by atoms with E-state index in [2.05, 4.69) is 18.7 Å². The molecule has 0 saturated carbocycles. The molecule has 0 radical (unpaired) electrons. The molecule has 0 N–H and O–H groups in total. The zero-order chi connectivity index (χ0) is 17.0. The Morgan fingerprint density at radius 1 is 1.09 bits per heavy atom. The number of carbonyl (C=O) groups excluding carboxylic acids is 1. The molecule has 2 aliphatic rings. The van der Waals surface area contributed by atoms with Crippen LogP contribution in [0.2, 0.25) is 0 Å². The van der Waals surface area contributed by atoms with Gasteiger partial charge in [0.1, 0.15) is 6.29 Å². The number of alkyl halides is 2. The summed E-state index contributed by atoms with van der Waals surface area (Å²) in [4.78, 5) is 13.6. The van der Waals surface area contributed by atoms with Crippen molar-refractivity contribution >= 4 is 6.29 Å². The first-order chi connectivity index (χ1) is 10.1. The van der Waals surface area contributed by atoms with Crippen LogP contribution in [0.5, 0.6) is 0 Å². The van der Waals surface area contributed by atoms with E-state index in [9.17, 15) is 13.6 Å². The van der Waals surface area contributed by atoms with Crippen LogP contribution in [0.1, 0.15) is 40.5 Å². The number of nitrogens with zero attached hydrogens (tertiary/aromatic N) is 2. The molecule has 0 aromatic heterocycles. The number of carbonyl (C=O) groups is 1. The number of halogens is 2. The third kappa shape index (κ3) is 4.98. The summed E-state index contributed by atoms with van der Waals surface area (Å²) in [6.45, 7) is 11.3. The molecule has 0 atom stereocenters. The van der Waals surface area contributed by atoms with E-state index in [1.54, 1.807) is 4.90 Å². The molecule has 0 aliphatic carbocycles. The molecule has 2 saturated heterocycles. The quantitative estimate of drug-likeness (QED) is 0.747. The van der Waals surface area contributed by atoms with Crippen LogP contribution in [0.4, 0.5) is 8.78 Å². The van der Waals surface area contributed by atoms with E-state index >= 15 is 0 Å². The standard InChI is InChI=1S/C13H24F2N2.C4H8O/c1-11(2)8-17-6-4-12(5-7-17)9-16(3)10-13(12,14)15;1-4(2)3-5/h11H,4-10H2,1-3H3;3-4H,1-2H3. The van der Waals surface area contributed by atoms with Crippen LogP contribution in [-0.2, 0) is 4.79 Å². The Balaban J connectivity index is 0.000000422. The maximum absolute atomic E-state index is 14.1. The summed E-state index contributed by atoms with van der Waals surface area (Å²) in [5.41, 5.74) is -0.741. The molecule has 2 heterocycles. The van der Waals surface area contributed by atoms with Gasteiger partial charge in [-0.1, -0.05) is 27.7 Å². The second-order valence-corrected chi connectivity index (χ2v) is 7.73. The van der Waals surface area contributed by atoms with Crippen molar-refractivity contribution in [1.29, 1.82) is 0 Å².